The molecule has 0 radical (unpaired) electrons. The second-order valence-corrected chi connectivity index (χ2v) is 5.53. The quantitative estimate of drug-likeness (QED) is 0.687. The lowest BCUT2D eigenvalue weighted by molar-refractivity contribution is 0.0886. The van der Waals surface area contributed by atoms with Crippen molar-refractivity contribution in [2.45, 2.75) is 34.1 Å². The normalized spacial score (nSPS) is 10.7. The molecule has 118 valence electrons. The van der Waals surface area contributed by atoms with Crippen LogP contribution < -0.4 is 10.6 Å². The highest BCUT2D eigenvalue weighted by Crippen LogP contribution is 2.10. The summed E-state index contributed by atoms with van der Waals surface area (Å²) in [6, 6.07) is 3.58. The van der Waals surface area contributed by atoms with E-state index in [1.54, 1.807) is 12.1 Å². The molecule has 1 amide bonds. The van der Waals surface area contributed by atoms with Crippen LogP contribution in [0.1, 0.15) is 43.2 Å². The van der Waals surface area contributed by atoms with E-state index in [0.29, 0.717) is 24.6 Å². The summed E-state index contributed by atoms with van der Waals surface area (Å²) in [6.07, 6.45) is 1.02. The molecule has 5 nitrogen and oxygen atoms in total. The fourth-order valence-electron chi connectivity index (χ4n) is 1.80. The number of aromatic nitrogens is 1. The molecular weight excluding hydrogens is 266 g/mol. The van der Waals surface area contributed by atoms with Crippen molar-refractivity contribution >= 4 is 11.7 Å². The Morgan fingerprint density at radius 1 is 1.33 bits per heavy atom. The number of amides is 1. The van der Waals surface area contributed by atoms with Gasteiger partial charge in [-0.05, 0) is 31.4 Å². The molecule has 5 heteroatoms. The highest BCUT2D eigenvalue weighted by molar-refractivity contribution is 5.94. The van der Waals surface area contributed by atoms with Gasteiger partial charge in [-0.2, -0.15) is 0 Å². The average Bonchev–Trinajstić information content (AvgIpc) is 2.43. The van der Waals surface area contributed by atoms with Gasteiger partial charge < -0.3 is 15.4 Å². The fraction of sp³-hybridized carbons (Fsp3) is 0.625. The minimum atomic E-state index is -0.0896. The van der Waals surface area contributed by atoms with Crippen LogP contribution in [-0.4, -0.2) is 37.2 Å². The number of nitrogens with zero attached hydrogens (tertiary/aromatic N) is 1. The smallest absolute Gasteiger partial charge is 0.251 e. The summed E-state index contributed by atoms with van der Waals surface area (Å²) >= 11 is 0. The zero-order valence-electron chi connectivity index (χ0n) is 13.5. The maximum Gasteiger partial charge on any atom is 0.251 e. The first-order valence-corrected chi connectivity index (χ1v) is 7.61. The number of carbonyl (C=O) groups excluding carboxylic acids is 1. The molecule has 1 aromatic rings. The molecular formula is C16H27N3O2. The summed E-state index contributed by atoms with van der Waals surface area (Å²) in [7, 11) is 0. The Bertz CT molecular complexity index is 447. The first-order valence-electron chi connectivity index (χ1n) is 7.61. The zero-order chi connectivity index (χ0) is 15.7. The van der Waals surface area contributed by atoms with Gasteiger partial charge in [0.1, 0.15) is 5.82 Å². The Morgan fingerprint density at radius 2 is 2.10 bits per heavy atom. The maximum atomic E-state index is 12.1. The second-order valence-electron chi connectivity index (χ2n) is 5.53. The van der Waals surface area contributed by atoms with Crippen LogP contribution in [0, 0.1) is 12.8 Å². The van der Waals surface area contributed by atoms with Gasteiger partial charge in [0.05, 0.1) is 6.61 Å². The first kappa shape index (κ1) is 17.4. The number of hydrogen-bond acceptors (Lipinski definition) is 4. The van der Waals surface area contributed by atoms with E-state index in [0.717, 1.165) is 31.1 Å². The predicted octanol–water partition coefficient (Wildman–Crippen LogP) is 2.61. The molecule has 0 unspecified atom stereocenters. The highest BCUT2D eigenvalue weighted by atomic mass is 16.5. The number of anilines is 1. The third-order valence-electron chi connectivity index (χ3n) is 2.75. The summed E-state index contributed by atoms with van der Waals surface area (Å²) in [5.41, 5.74) is 1.46. The van der Waals surface area contributed by atoms with Gasteiger partial charge in [-0.25, -0.2) is 4.98 Å². The van der Waals surface area contributed by atoms with Crippen molar-refractivity contribution in [3.63, 3.8) is 0 Å². The molecule has 0 bridgehead atoms. The zero-order valence-corrected chi connectivity index (χ0v) is 13.5. The van der Waals surface area contributed by atoms with Crippen molar-refractivity contribution in [3.8, 4) is 0 Å². The largest absolute Gasteiger partial charge is 0.379 e. The third-order valence-corrected chi connectivity index (χ3v) is 2.75. The van der Waals surface area contributed by atoms with Gasteiger partial charge in [0.15, 0.2) is 0 Å². The Labute approximate surface area is 127 Å². The van der Waals surface area contributed by atoms with E-state index in [1.807, 2.05) is 6.92 Å². The van der Waals surface area contributed by atoms with Crippen molar-refractivity contribution in [1.82, 2.24) is 10.3 Å². The van der Waals surface area contributed by atoms with E-state index < -0.39 is 0 Å². The molecule has 1 heterocycles. The van der Waals surface area contributed by atoms with Crippen LogP contribution in [0.25, 0.3) is 0 Å². The first-order chi connectivity index (χ1) is 10.0. The van der Waals surface area contributed by atoms with Crippen molar-refractivity contribution < 1.29 is 9.53 Å². The number of carbonyl (C=O) groups is 1. The average molecular weight is 293 g/mol. The SMILES string of the molecule is CCCNc1cc(C(=O)NCCOCC(C)C)cc(C)n1. The molecule has 0 atom stereocenters. The number of pyridine rings is 1. The molecule has 21 heavy (non-hydrogen) atoms. The summed E-state index contributed by atoms with van der Waals surface area (Å²) in [4.78, 5) is 16.5. The highest BCUT2D eigenvalue weighted by Gasteiger charge is 2.08. The summed E-state index contributed by atoms with van der Waals surface area (Å²) < 4.78 is 5.44. The van der Waals surface area contributed by atoms with Gasteiger partial charge in [0.25, 0.3) is 5.91 Å². The van der Waals surface area contributed by atoms with Gasteiger partial charge in [-0.1, -0.05) is 20.8 Å². The number of rotatable bonds is 9. The minimum Gasteiger partial charge on any atom is -0.379 e. The Balaban J connectivity index is 2.47. The minimum absolute atomic E-state index is 0.0896. The topological polar surface area (TPSA) is 63.2 Å². The van der Waals surface area contributed by atoms with Crippen LogP contribution >= 0.6 is 0 Å². The molecule has 0 saturated heterocycles. The molecule has 1 aromatic heterocycles. The Hall–Kier alpha value is -1.62. The van der Waals surface area contributed by atoms with Gasteiger partial charge >= 0.3 is 0 Å². The van der Waals surface area contributed by atoms with Gasteiger partial charge in [-0.15, -0.1) is 0 Å². The Kier molecular flexibility index (Phi) is 7.75. The molecule has 2 N–H and O–H groups in total. The molecule has 0 saturated carbocycles. The lowest BCUT2D eigenvalue weighted by Gasteiger charge is -2.10. The van der Waals surface area contributed by atoms with Crippen LogP contribution in [-0.2, 0) is 4.74 Å². The maximum absolute atomic E-state index is 12.1. The second kappa shape index (κ2) is 9.34. The van der Waals surface area contributed by atoms with E-state index >= 15 is 0 Å². The molecule has 0 fully saturated rings. The third kappa shape index (κ3) is 7.09. The molecule has 0 aromatic carbocycles. The monoisotopic (exact) mass is 293 g/mol. The van der Waals surface area contributed by atoms with Gasteiger partial charge in [-0.3, -0.25) is 4.79 Å². The van der Waals surface area contributed by atoms with E-state index in [-0.39, 0.29) is 5.91 Å². The lowest BCUT2D eigenvalue weighted by Crippen LogP contribution is -2.28. The van der Waals surface area contributed by atoms with Crippen LogP contribution in [0.5, 0.6) is 0 Å². The molecule has 0 aliphatic heterocycles. The number of aryl methyl sites for hydroxylation is 1. The fourth-order valence-corrected chi connectivity index (χ4v) is 1.80. The van der Waals surface area contributed by atoms with Crippen molar-refractivity contribution in [3.05, 3.63) is 23.4 Å². The molecule has 0 aliphatic rings. The molecule has 0 spiro atoms. The van der Waals surface area contributed by atoms with E-state index in [1.165, 1.54) is 0 Å². The van der Waals surface area contributed by atoms with E-state index in [9.17, 15) is 4.79 Å². The predicted molar refractivity (Wildman–Crippen MR) is 85.7 cm³/mol. The van der Waals surface area contributed by atoms with Crippen molar-refractivity contribution in [2.75, 3.05) is 31.6 Å². The van der Waals surface area contributed by atoms with E-state index in [4.69, 9.17) is 4.74 Å². The van der Waals surface area contributed by atoms with Gasteiger partial charge in [0, 0.05) is 31.0 Å². The standard InChI is InChI=1S/C16H27N3O2/c1-5-6-17-15-10-14(9-13(4)19-15)16(20)18-7-8-21-11-12(2)3/h9-10,12H,5-8,11H2,1-4H3,(H,17,19)(H,18,20). The van der Waals surface area contributed by atoms with E-state index in [2.05, 4.69) is 36.4 Å². The summed E-state index contributed by atoms with van der Waals surface area (Å²) in [5, 5.41) is 6.07. The number of hydrogen-bond donors (Lipinski definition) is 2. The molecule has 0 aliphatic carbocycles. The Morgan fingerprint density at radius 3 is 2.76 bits per heavy atom. The van der Waals surface area contributed by atoms with Crippen LogP contribution in [0.3, 0.4) is 0 Å². The van der Waals surface area contributed by atoms with Crippen molar-refractivity contribution in [1.29, 1.82) is 0 Å². The molecule has 1 rings (SSSR count). The summed E-state index contributed by atoms with van der Waals surface area (Å²) in [5.74, 6) is 1.17. The van der Waals surface area contributed by atoms with Crippen LogP contribution in [0.2, 0.25) is 0 Å². The lowest BCUT2D eigenvalue weighted by atomic mass is 10.2. The summed E-state index contributed by atoms with van der Waals surface area (Å²) in [6.45, 7) is 10.8. The van der Waals surface area contributed by atoms with Crippen molar-refractivity contribution in [2.24, 2.45) is 5.92 Å². The van der Waals surface area contributed by atoms with Gasteiger partial charge in [0.2, 0.25) is 0 Å². The number of nitrogens with one attached hydrogen (secondary N) is 2. The van der Waals surface area contributed by atoms with Crippen LogP contribution in [0.4, 0.5) is 5.82 Å². The number of ether oxygens (including phenoxy) is 1. The van der Waals surface area contributed by atoms with Crippen LogP contribution in [0.15, 0.2) is 12.1 Å².